The Labute approximate surface area is 130 Å². The van der Waals surface area contributed by atoms with Crippen LogP contribution in [0, 0.1) is 6.92 Å². The third-order valence-corrected chi connectivity index (χ3v) is 3.64. The molecule has 0 bridgehead atoms. The molecule has 2 rings (SSSR count). The van der Waals surface area contributed by atoms with Gasteiger partial charge >= 0.3 is 5.97 Å². The maximum absolute atomic E-state index is 11.0. The zero-order valence-electron chi connectivity index (χ0n) is 13.1. The lowest BCUT2D eigenvalue weighted by molar-refractivity contribution is 0.0696. The Bertz CT molecular complexity index is 667. The highest BCUT2D eigenvalue weighted by molar-refractivity contribution is 5.87. The quantitative estimate of drug-likeness (QED) is 0.856. The van der Waals surface area contributed by atoms with Crippen molar-refractivity contribution in [2.75, 3.05) is 7.11 Å². The van der Waals surface area contributed by atoms with Crippen LogP contribution in [-0.4, -0.2) is 18.2 Å². The molecule has 2 N–H and O–H groups in total. The number of carbonyl (C=O) groups is 1. The van der Waals surface area contributed by atoms with Gasteiger partial charge in [-0.3, -0.25) is 0 Å². The molecule has 1 unspecified atom stereocenters. The molecule has 0 saturated carbocycles. The van der Waals surface area contributed by atoms with Crippen molar-refractivity contribution in [2.24, 2.45) is 0 Å². The van der Waals surface area contributed by atoms with Crippen LogP contribution in [0.5, 0.6) is 5.75 Å². The minimum absolute atomic E-state index is 0.100. The molecule has 2 aromatic rings. The molecule has 0 saturated heterocycles. The predicted molar refractivity (Wildman–Crippen MR) is 86.4 cm³/mol. The Morgan fingerprint density at radius 1 is 1.27 bits per heavy atom. The molecule has 0 amide bonds. The molecule has 0 aliphatic carbocycles. The van der Waals surface area contributed by atoms with Crippen molar-refractivity contribution in [2.45, 2.75) is 26.4 Å². The van der Waals surface area contributed by atoms with Gasteiger partial charge in [-0.25, -0.2) is 4.79 Å². The van der Waals surface area contributed by atoms with Crippen LogP contribution in [0.4, 0.5) is 0 Å². The monoisotopic (exact) mass is 299 g/mol. The van der Waals surface area contributed by atoms with Gasteiger partial charge in [0, 0.05) is 18.2 Å². The normalized spacial score (nSPS) is 12.0. The summed E-state index contributed by atoms with van der Waals surface area (Å²) in [5, 5.41) is 12.4. The fourth-order valence-corrected chi connectivity index (χ4v) is 2.39. The first-order valence-corrected chi connectivity index (χ1v) is 7.21. The lowest BCUT2D eigenvalue weighted by Crippen LogP contribution is -2.19. The molecule has 0 aliphatic heterocycles. The summed E-state index contributed by atoms with van der Waals surface area (Å²) in [6.07, 6.45) is 0. The van der Waals surface area contributed by atoms with E-state index in [1.807, 2.05) is 25.1 Å². The predicted octanol–water partition coefficient (Wildman–Crippen LogP) is 3.55. The summed E-state index contributed by atoms with van der Waals surface area (Å²) >= 11 is 0. The van der Waals surface area contributed by atoms with Crippen LogP contribution in [0.2, 0.25) is 0 Å². The van der Waals surface area contributed by atoms with E-state index in [4.69, 9.17) is 9.84 Å². The molecule has 22 heavy (non-hydrogen) atoms. The zero-order valence-corrected chi connectivity index (χ0v) is 13.1. The average molecular weight is 299 g/mol. The van der Waals surface area contributed by atoms with E-state index in [9.17, 15) is 4.79 Å². The summed E-state index contributed by atoms with van der Waals surface area (Å²) in [5.41, 5.74) is 3.52. The maximum Gasteiger partial charge on any atom is 0.335 e. The fourth-order valence-electron chi connectivity index (χ4n) is 2.39. The summed E-state index contributed by atoms with van der Waals surface area (Å²) in [4.78, 5) is 11.0. The first-order chi connectivity index (χ1) is 10.5. The summed E-state index contributed by atoms with van der Waals surface area (Å²) in [7, 11) is 1.66. The van der Waals surface area contributed by atoms with Gasteiger partial charge in [-0.15, -0.1) is 0 Å². The van der Waals surface area contributed by atoms with Gasteiger partial charge in [-0.1, -0.05) is 29.8 Å². The highest BCUT2D eigenvalue weighted by Gasteiger charge is 2.11. The van der Waals surface area contributed by atoms with E-state index in [-0.39, 0.29) is 6.04 Å². The Morgan fingerprint density at radius 3 is 2.73 bits per heavy atom. The van der Waals surface area contributed by atoms with E-state index in [1.165, 1.54) is 5.56 Å². The van der Waals surface area contributed by atoms with Crippen molar-refractivity contribution >= 4 is 5.97 Å². The highest BCUT2D eigenvalue weighted by atomic mass is 16.5. The van der Waals surface area contributed by atoms with Gasteiger partial charge in [-0.05, 0) is 37.6 Å². The Morgan fingerprint density at radius 2 is 2.05 bits per heavy atom. The van der Waals surface area contributed by atoms with Crippen LogP contribution < -0.4 is 10.1 Å². The topological polar surface area (TPSA) is 58.6 Å². The third-order valence-electron chi connectivity index (χ3n) is 3.64. The van der Waals surface area contributed by atoms with Gasteiger partial charge in [0.05, 0.1) is 12.7 Å². The second kappa shape index (κ2) is 7.09. The first-order valence-electron chi connectivity index (χ1n) is 7.21. The van der Waals surface area contributed by atoms with Crippen LogP contribution in [0.1, 0.15) is 40.0 Å². The highest BCUT2D eigenvalue weighted by Crippen LogP contribution is 2.26. The summed E-state index contributed by atoms with van der Waals surface area (Å²) in [5.74, 6) is -0.0554. The number of benzene rings is 2. The molecule has 4 nitrogen and oxygen atoms in total. The number of carboxylic acids is 1. The summed E-state index contributed by atoms with van der Waals surface area (Å²) in [6, 6.07) is 13.2. The van der Waals surface area contributed by atoms with E-state index in [0.29, 0.717) is 12.1 Å². The molecule has 0 fully saturated rings. The van der Waals surface area contributed by atoms with Crippen LogP contribution >= 0.6 is 0 Å². The SMILES string of the molecule is COc1ccc(C)cc1C(C)NCc1cccc(C(=O)O)c1. The van der Waals surface area contributed by atoms with E-state index in [1.54, 1.807) is 25.3 Å². The minimum Gasteiger partial charge on any atom is -0.496 e. The second-order valence-electron chi connectivity index (χ2n) is 5.35. The number of hydrogen-bond donors (Lipinski definition) is 2. The molecule has 0 radical (unpaired) electrons. The molecule has 0 spiro atoms. The number of hydrogen-bond acceptors (Lipinski definition) is 3. The lowest BCUT2D eigenvalue weighted by Gasteiger charge is -2.18. The zero-order chi connectivity index (χ0) is 16.1. The van der Waals surface area contributed by atoms with E-state index in [0.717, 1.165) is 16.9 Å². The van der Waals surface area contributed by atoms with Crippen molar-refractivity contribution < 1.29 is 14.6 Å². The Kier molecular flexibility index (Phi) is 5.17. The van der Waals surface area contributed by atoms with E-state index in [2.05, 4.69) is 18.3 Å². The first kappa shape index (κ1) is 16.0. The number of methoxy groups -OCH3 is 1. The van der Waals surface area contributed by atoms with Gasteiger partial charge in [0.1, 0.15) is 5.75 Å². The largest absolute Gasteiger partial charge is 0.496 e. The van der Waals surface area contributed by atoms with Crippen molar-refractivity contribution in [3.63, 3.8) is 0 Å². The number of rotatable bonds is 6. The lowest BCUT2D eigenvalue weighted by atomic mass is 10.0. The molecule has 2 aromatic carbocycles. The number of nitrogens with one attached hydrogen (secondary N) is 1. The average Bonchev–Trinajstić information content (AvgIpc) is 2.52. The molecule has 1 atom stereocenters. The molecule has 4 heteroatoms. The minimum atomic E-state index is -0.907. The third kappa shape index (κ3) is 3.86. The molecule has 116 valence electrons. The van der Waals surface area contributed by atoms with Gasteiger partial charge in [-0.2, -0.15) is 0 Å². The van der Waals surface area contributed by atoms with Gasteiger partial charge in [0.25, 0.3) is 0 Å². The van der Waals surface area contributed by atoms with Crippen molar-refractivity contribution in [1.82, 2.24) is 5.32 Å². The van der Waals surface area contributed by atoms with Crippen LogP contribution in [0.15, 0.2) is 42.5 Å². The van der Waals surface area contributed by atoms with Crippen molar-refractivity contribution in [3.05, 3.63) is 64.7 Å². The second-order valence-corrected chi connectivity index (χ2v) is 5.35. The molecular formula is C18H21NO3. The summed E-state index contributed by atoms with van der Waals surface area (Å²) in [6.45, 7) is 4.71. The smallest absolute Gasteiger partial charge is 0.335 e. The fraction of sp³-hybridized carbons (Fsp3) is 0.278. The van der Waals surface area contributed by atoms with Crippen molar-refractivity contribution in [1.29, 1.82) is 0 Å². The standard InChI is InChI=1S/C18H21NO3/c1-12-7-8-17(22-3)16(9-12)13(2)19-11-14-5-4-6-15(10-14)18(20)21/h4-10,13,19H,11H2,1-3H3,(H,20,21). The Balaban J connectivity index is 2.10. The van der Waals surface area contributed by atoms with Gasteiger partial charge in [0.15, 0.2) is 0 Å². The van der Waals surface area contributed by atoms with Crippen LogP contribution in [0.3, 0.4) is 0 Å². The number of carboxylic acid groups (broad SMARTS) is 1. The molecular weight excluding hydrogens is 278 g/mol. The van der Waals surface area contributed by atoms with Gasteiger partial charge in [0.2, 0.25) is 0 Å². The Hall–Kier alpha value is -2.33. The summed E-state index contributed by atoms with van der Waals surface area (Å²) < 4.78 is 5.41. The van der Waals surface area contributed by atoms with Crippen LogP contribution in [0.25, 0.3) is 0 Å². The molecule has 0 heterocycles. The van der Waals surface area contributed by atoms with Crippen LogP contribution in [-0.2, 0) is 6.54 Å². The number of ether oxygens (including phenoxy) is 1. The maximum atomic E-state index is 11.0. The number of aryl methyl sites for hydroxylation is 1. The van der Waals surface area contributed by atoms with Gasteiger partial charge < -0.3 is 15.2 Å². The van der Waals surface area contributed by atoms with E-state index < -0.39 is 5.97 Å². The number of aromatic carboxylic acids is 1. The molecule has 0 aliphatic rings. The van der Waals surface area contributed by atoms with Crippen molar-refractivity contribution in [3.8, 4) is 5.75 Å². The van der Waals surface area contributed by atoms with E-state index >= 15 is 0 Å². The molecule has 0 aromatic heterocycles.